The molecule has 0 aliphatic carbocycles. The molecular weight excluding hydrogens is 216 g/mol. The highest BCUT2D eigenvalue weighted by molar-refractivity contribution is 7.97. The molecular formula is C14H12OS. The molecule has 0 radical (unpaired) electrons. The molecule has 1 nitrogen and oxygen atoms in total. The van der Waals surface area contributed by atoms with Crippen LogP contribution < -0.4 is 0 Å². The number of rotatable bonds is 2. The topological polar surface area (TPSA) is 17.1 Å². The summed E-state index contributed by atoms with van der Waals surface area (Å²) in [6, 6.07) is 15.8. The van der Waals surface area contributed by atoms with Gasteiger partial charge in [0.25, 0.3) is 0 Å². The number of aryl methyl sites for hydroxylation is 1. The van der Waals surface area contributed by atoms with Crippen molar-refractivity contribution < 1.29 is 4.79 Å². The van der Waals surface area contributed by atoms with Crippen molar-refractivity contribution in [3.63, 3.8) is 0 Å². The van der Waals surface area contributed by atoms with Gasteiger partial charge in [0.15, 0.2) is 0 Å². The largest absolute Gasteiger partial charge is 0.282 e. The van der Waals surface area contributed by atoms with Crippen LogP contribution in [-0.2, 0) is 0 Å². The summed E-state index contributed by atoms with van der Waals surface area (Å²) in [4.78, 5) is 11.1. The Morgan fingerprint density at radius 3 is 2.31 bits per heavy atom. The highest BCUT2D eigenvalue weighted by atomic mass is 32.1. The minimum Gasteiger partial charge on any atom is -0.282 e. The molecule has 0 bridgehead atoms. The minimum atomic E-state index is -0.192. The maximum absolute atomic E-state index is 11.1. The van der Waals surface area contributed by atoms with Gasteiger partial charge in [-0.25, -0.2) is 0 Å². The summed E-state index contributed by atoms with van der Waals surface area (Å²) >= 11 is 3.82. The molecule has 0 aliphatic heterocycles. The molecule has 0 aromatic heterocycles. The molecule has 0 unspecified atom stereocenters. The molecule has 2 rings (SSSR count). The molecule has 2 aromatic rings. The highest BCUT2D eigenvalue weighted by Gasteiger charge is 2.05. The van der Waals surface area contributed by atoms with E-state index in [-0.39, 0.29) is 5.12 Å². The van der Waals surface area contributed by atoms with Gasteiger partial charge in [-0.1, -0.05) is 36.4 Å². The van der Waals surface area contributed by atoms with Crippen molar-refractivity contribution in [3.8, 4) is 11.1 Å². The molecule has 0 heterocycles. The van der Waals surface area contributed by atoms with E-state index in [0.29, 0.717) is 5.56 Å². The van der Waals surface area contributed by atoms with Crippen LogP contribution in [0.3, 0.4) is 0 Å². The van der Waals surface area contributed by atoms with Crippen LogP contribution in [0.5, 0.6) is 0 Å². The summed E-state index contributed by atoms with van der Waals surface area (Å²) in [7, 11) is 0. The third kappa shape index (κ3) is 2.17. The number of carbonyl (C=O) groups excluding carboxylic acids is 1. The van der Waals surface area contributed by atoms with Gasteiger partial charge in [-0.15, -0.1) is 12.6 Å². The Balaban J connectivity index is 2.48. The maximum atomic E-state index is 11.1. The Labute approximate surface area is 101 Å². The second-order valence-electron chi connectivity index (χ2n) is 3.70. The SMILES string of the molecule is Cc1cc(C(=O)S)ccc1-c1ccccc1. The third-order valence-corrected chi connectivity index (χ3v) is 2.82. The summed E-state index contributed by atoms with van der Waals surface area (Å²) in [5.41, 5.74) is 4.05. The van der Waals surface area contributed by atoms with Crippen LogP contribution >= 0.6 is 12.6 Å². The summed E-state index contributed by atoms with van der Waals surface area (Å²) in [5.74, 6) is 0. The Morgan fingerprint density at radius 2 is 1.75 bits per heavy atom. The highest BCUT2D eigenvalue weighted by Crippen LogP contribution is 2.24. The Bertz CT molecular complexity index is 518. The molecule has 2 heteroatoms. The van der Waals surface area contributed by atoms with E-state index in [9.17, 15) is 4.79 Å². The first kappa shape index (κ1) is 11.0. The lowest BCUT2D eigenvalue weighted by Crippen LogP contribution is -1.91. The minimum absolute atomic E-state index is 0.192. The Morgan fingerprint density at radius 1 is 1.06 bits per heavy atom. The monoisotopic (exact) mass is 228 g/mol. The van der Waals surface area contributed by atoms with Crippen LogP contribution in [-0.4, -0.2) is 5.12 Å². The van der Waals surface area contributed by atoms with Crippen LogP contribution in [0.25, 0.3) is 11.1 Å². The molecule has 0 saturated carbocycles. The predicted octanol–water partition coefficient (Wildman–Crippen LogP) is 3.73. The van der Waals surface area contributed by atoms with Crippen molar-refractivity contribution in [3.05, 3.63) is 59.7 Å². The van der Waals surface area contributed by atoms with Crippen LogP contribution in [0.1, 0.15) is 15.9 Å². The van der Waals surface area contributed by atoms with Crippen LogP contribution in [0, 0.1) is 6.92 Å². The molecule has 80 valence electrons. The normalized spacial score (nSPS) is 10.1. The standard InChI is InChI=1S/C14H12OS/c1-10-9-12(14(15)16)7-8-13(10)11-5-3-2-4-6-11/h2-9H,1H3,(H,15,16). The maximum Gasteiger partial charge on any atom is 0.216 e. The van der Waals surface area contributed by atoms with E-state index < -0.39 is 0 Å². The molecule has 2 aromatic carbocycles. The van der Waals surface area contributed by atoms with Crippen LogP contribution in [0.2, 0.25) is 0 Å². The fourth-order valence-corrected chi connectivity index (χ4v) is 1.88. The quantitative estimate of drug-likeness (QED) is 0.775. The Hall–Kier alpha value is -1.54. The van der Waals surface area contributed by atoms with Crippen molar-refractivity contribution in [1.82, 2.24) is 0 Å². The van der Waals surface area contributed by atoms with E-state index in [4.69, 9.17) is 0 Å². The van der Waals surface area contributed by atoms with Gasteiger partial charge < -0.3 is 0 Å². The van der Waals surface area contributed by atoms with Gasteiger partial charge in [-0.2, -0.15) is 0 Å². The summed E-state index contributed by atoms with van der Waals surface area (Å²) in [6.07, 6.45) is 0. The smallest absolute Gasteiger partial charge is 0.216 e. The molecule has 0 fully saturated rings. The lowest BCUT2D eigenvalue weighted by molar-refractivity contribution is 0.109. The molecule has 0 N–H and O–H groups in total. The fourth-order valence-electron chi connectivity index (χ4n) is 1.74. The zero-order valence-corrected chi connectivity index (χ0v) is 9.87. The first-order valence-electron chi connectivity index (χ1n) is 5.08. The average Bonchev–Trinajstić information content (AvgIpc) is 2.30. The van der Waals surface area contributed by atoms with Crippen molar-refractivity contribution >= 4 is 17.7 Å². The van der Waals surface area contributed by atoms with Crippen molar-refractivity contribution in [1.29, 1.82) is 0 Å². The van der Waals surface area contributed by atoms with Gasteiger partial charge in [0.05, 0.1) is 0 Å². The number of hydrogen-bond acceptors (Lipinski definition) is 1. The molecule has 0 spiro atoms. The number of carbonyl (C=O) groups is 1. The third-order valence-electron chi connectivity index (χ3n) is 2.56. The first-order valence-corrected chi connectivity index (χ1v) is 5.52. The zero-order valence-electron chi connectivity index (χ0n) is 8.97. The average molecular weight is 228 g/mol. The molecule has 16 heavy (non-hydrogen) atoms. The van der Waals surface area contributed by atoms with Gasteiger partial charge in [0.1, 0.15) is 0 Å². The van der Waals surface area contributed by atoms with Crippen LogP contribution in [0.4, 0.5) is 0 Å². The summed E-state index contributed by atoms with van der Waals surface area (Å²) in [6.45, 7) is 2.00. The summed E-state index contributed by atoms with van der Waals surface area (Å²) < 4.78 is 0. The number of hydrogen-bond donors (Lipinski definition) is 1. The van der Waals surface area contributed by atoms with Gasteiger partial charge >= 0.3 is 0 Å². The van der Waals surface area contributed by atoms with Crippen molar-refractivity contribution in [2.24, 2.45) is 0 Å². The van der Waals surface area contributed by atoms with E-state index >= 15 is 0 Å². The zero-order chi connectivity index (χ0) is 11.5. The van der Waals surface area contributed by atoms with E-state index in [0.717, 1.165) is 16.7 Å². The van der Waals surface area contributed by atoms with Gasteiger partial charge in [0.2, 0.25) is 5.12 Å². The van der Waals surface area contributed by atoms with Gasteiger partial charge in [-0.3, -0.25) is 4.79 Å². The molecule has 0 amide bonds. The number of benzene rings is 2. The van der Waals surface area contributed by atoms with E-state index in [1.807, 2.05) is 43.3 Å². The van der Waals surface area contributed by atoms with Gasteiger partial charge in [-0.05, 0) is 35.7 Å². The summed E-state index contributed by atoms with van der Waals surface area (Å²) in [5, 5.41) is -0.192. The second kappa shape index (κ2) is 4.54. The van der Waals surface area contributed by atoms with E-state index in [2.05, 4.69) is 24.8 Å². The number of thiol groups is 1. The van der Waals surface area contributed by atoms with E-state index in [1.54, 1.807) is 0 Å². The second-order valence-corrected chi connectivity index (χ2v) is 4.11. The van der Waals surface area contributed by atoms with Crippen LogP contribution in [0.15, 0.2) is 48.5 Å². The van der Waals surface area contributed by atoms with Gasteiger partial charge in [0, 0.05) is 5.56 Å². The lowest BCUT2D eigenvalue weighted by atomic mass is 9.99. The van der Waals surface area contributed by atoms with Crippen molar-refractivity contribution in [2.45, 2.75) is 6.92 Å². The van der Waals surface area contributed by atoms with Crippen molar-refractivity contribution in [2.75, 3.05) is 0 Å². The Kier molecular flexibility index (Phi) is 3.11. The predicted molar refractivity (Wildman–Crippen MR) is 69.9 cm³/mol. The fraction of sp³-hybridized carbons (Fsp3) is 0.0714. The molecule has 0 atom stereocenters. The van der Waals surface area contributed by atoms with E-state index in [1.165, 1.54) is 0 Å². The molecule has 0 aliphatic rings. The first-order chi connectivity index (χ1) is 7.68. The molecule has 0 saturated heterocycles. The lowest BCUT2D eigenvalue weighted by Gasteiger charge is -2.07.